The zero-order valence-corrected chi connectivity index (χ0v) is 19.4. The number of rotatable bonds is 8. The van der Waals surface area contributed by atoms with Gasteiger partial charge in [-0.25, -0.2) is 0 Å². The minimum Gasteiger partial charge on any atom is -0.486 e. The zero-order chi connectivity index (χ0) is 23.2. The predicted molar refractivity (Wildman–Crippen MR) is 128 cm³/mol. The third-order valence-electron chi connectivity index (χ3n) is 6.21. The van der Waals surface area contributed by atoms with Crippen LogP contribution in [0, 0.1) is 5.92 Å². The first-order valence-electron chi connectivity index (χ1n) is 11.8. The molecule has 2 aromatic carbocycles. The van der Waals surface area contributed by atoms with Crippen molar-refractivity contribution in [1.29, 1.82) is 0 Å². The second kappa shape index (κ2) is 10.7. The van der Waals surface area contributed by atoms with E-state index in [0.29, 0.717) is 24.5 Å². The summed E-state index contributed by atoms with van der Waals surface area (Å²) in [6, 6.07) is 13.2. The van der Waals surface area contributed by atoms with Gasteiger partial charge in [0.05, 0.1) is 17.8 Å². The fourth-order valence-corrected chi connectivity index (χ4v) is 4.51. The monoisotopic (exact) mass is 451 g/mol. The molecule has 2 amide bonds. The van der Waals surface area contributed by atoms with E-state index in [-0.39, 0.29) is 36.4 Å². The van der Waals surface area contributed by atoms with Crippen LogP contribution in [0.15, 0.2) is 42.5 Å². The van der Waals surface area contributed by atoms with E-state index < -0.39 is 0 Å². The maximum Gasteiger partial charge on any atom is 0.253 e. The molecule has 1 fully saturated rings. The number of nitrogens with one attached hydrogen (secondary N) is 3. The van der Waals surface area contributed by atoms with Crippen LogP contribution in [0.3, 0.4) is 0 Å². The first-order valence-corrected chi connectivity index (χ1v) is 11.8. The van der Waals surface area contributed by atoms with Crippen molar-refractivity contribution in [2.24, 2.45) is 5.92 Å². The van der Waals surface area contributed by atoms with E-state index in [9.17, 15) is 9.59 Å². The molecular formula is C26H33N3O4. The number of carbonyl (C=O) groups excluding carboxylic acids is 2. The minimum absolute atomic E-state index is 0.0347. The first-order chi connectivity index (χ1) is 16.0. The van der Waals surface area contributed by atoms with Gasteiger partial charge in [0.15, 0.2) is 11.5 Å². The van der Waals surface area contributed by atoms with Crippen molar-refractivity contribution in [2.45, 2.75) is 51.6 Å². The lowest BCUT2D eigenvalue weighted by atomic mass is 9.95. The summed E-state index contributed by atoms with van der Waals surface area (Å²) in [4.78, 5) is 25.5. The smallest absolute Gasteiger partial charge is 0.253 e. The molecule has 2 aliphatic rings. The molecule has 1 aliphatic carbocycles. The van der Waals surface area contributed by atoms with E-state index in [0.717, 1.165) is 42.7 Å². The Balaban J connectivity index is 1.38. The summed E-state index contributed by atoms with van der Waals surface area (Å²) >= 11 is 0. The Morgan fingerprint density at radius 1 is 1.00 bits per heavy atom. The molecule has 7 heteroatoms. The van der Waals surface area contributed by atoms with Gasteiger partial charge in [-0.05, 0) is 48.6 Å². The average Bonchev–Trinajstić information content (AvgIpc) is 3.32. The van der Waals surface area contributed by atoms with Gasteiger partial charge in [-0.2, -0.15) is 0 Å². The van der Waals surface area contributed by atoms with Gasteiger partial charge in [0, 0.05) is 12.1 Å². The van der Waals surface area contributed by atoms with Gasteiger partial charge in [0.2, 0.25) is 5.91 Å². The highest BCUT2D eigenvalue weighted by atomic mass is 16.6. The van der Waals surface area contributed by atoms with E-state index in [2.05, 4.69) is 29.8 Å². The number of hydrogen-bond donors (Lipinski definition) is 3. The summed E-state index contributed by atoms with van der Waals surface area (Å²) in [5.74, 6) is 1.40. The molecular weight excluding hydrogens is 418 g/mol. The maximum absolute atomic E-state index is 12.8. The molecule has 0 bridgehead atoms. The van der Waals surface area contributed by atoms with Gasteiger partial charge in [-0.3, -0.25) is 9.59 Å². The quantitative estimate of drug-likeness (QED) is 0.563. The topological polar surface area (TPSA) is 88.7 Å². The third kappa shape index (κ3) is 5.85. The summed E-state index contributed by atoms with van der Waals surface area (Å²) < 4.78 is 11.3. The minimum atomic E-state index is -0.195. The van der Waals surface area contributed by atoms with Crippen molar-refractivity contribution < 1.29 is 19.1 Å². The Morgan fingerprint density at radius 3 is 2.48 bits per heavy atom. The van der Waals surface area contributed by atoms with Crippen LogP contribution < -0.4 is 25.4 Å². The lowest BCUT2D eigenvalue weighted by Gasteiger charge is -2.25. The molecule has 1 saturated carbocycles. The van der Waals surface area contributed by atoms with Gasteiger partial charge in [-0.15, -0.1) is 0 Å². The van der Waals surface area contributed by atoms with E-state index in [1.807, 2.05) is 30.3 Å². The first kappa shape index (κ1) is 23.1. The molecule has 0 aromatic heterocycles. The molecule has 1 heterocycles. The van der Waals surface area contributed by atoms with Crippen LogP contribution in [0.25, 0.3) is 0 Å². The average molecular weight is 452 g/mol. The van der Waals surface area contributed by atoms with Crippen LogP contribution in [0.4, 0.5) is 5.69 Å². The standard InChI is InChI=1S/C26H33N3O4/c1-17(2)25(18-11-12-22-23(15-18)33-14-13-32-22)27-16-24(30)29-21-10-6-5-9-20(21)26(31)28-19-7-3-4-8-19/h5-6,9-12,15,17,19,25,27H,3-4,7-8,13-14,16H2,1-2H3,(H,28,31)(H,29,30). The molecule has 1 atom stereocenters. The van der Waals surface area contributed by atoms with Crippen LogP contribution in [-0.2, 0) is 4.79 Å². The van der Waals surface area contributed by atoms with E-state index in [1.165, 1.54) is 0 Å². The highest BCUT2D eigenvalue weighted by molar-refractivity contribution is 6.04. The lowest BCUT2D eigenvalue weighted by molar-refractivity contribution is -0.115. The fourth-order valence-electron chi connectivity index (χ4n) is 4.51. The van der Waals surface area contributed by atoms with Crippen LogP contribution in [0.2, 0.25) is 0 Å². The van der Waals surface area contributed by atoms with Crippen LogP contribution in [0.1, 0.15) is 61.5 Å². The number of fused-ring (bicyclic) bond motifs is 1. The number of amides is 2. The number of carbonyl (C=O) groups is 2. The van der Waals surface area contributed by atoms with Crippen molar-refractivity contribution in [3.8, 4) is 11.5 Å². The SMILES string of the molecule is CC(C)C(NCC(=O)Nc1ccccc1C(=O)NC1CCCC1)c1ccc2c(c1)OCCO2. The molecule has 176 valence electrons. The summed E-state index contributed by atoms with van der Waals surface area (Å²) in [6.45, 7) is 5.42. The van der Waals surface area contributed by atoms with Crippen LogP contribution in [-0.4, -0.2) is 37.6 Å². The Labute approximate surface area is 195 Å². The number of ether oxygens (including phenoxy) is 2. The van der Waals surface area contributed by atoms with Gasteiger partial charge >= 0.3 is 0 Å². The number of hydrogen-bond acceptors (Lipinski definition) is 5. The molecule has 1 unspecified atom stereocenters. The lowest BCUT2D eigenvalue weighted by Crippen LogP contribution is -2.35. The van der Waals surface area contributed by atoms with Crippen LogP contribution >= 0.6 is 0 Å². The molecule has 33 heavy (non-hydrogen) atoms. The summed E-state index contributed by atoms with van der Waals surface area (Å²) in [7, 11) is 0. The summed E-state index contributed by atoms with van der Waals surface area (Å²) in [6.07, 6.45) is 4.33. The van der Waals surface area contributed by atoms with Gasteiger partial charge < -0.3 is 25.4 Å². The van der Waals surface area contributed by atoms with Crippen molar-refractivity contribution in [2.75, 3.05) is 25.1 Å². The van der Waals surface area contributed by atoms with Crippen molar-refractivity contribution in [3.63, 3.8) is 0 Å². The Morgan fingerprint density at radius 2 is 1.73 bits per heavy atom. The summed E-state index contributed by atoms with van der Waals surface area (Å²) in [5.41, 5.74) is 2.06. The summed E-state index contributed by atoms with van der Waals surface area (Å²) in [5, 5.41) is 9.36. The largest absolute Gasteiger partial charge is 0.486 e. The number of benzene rings is 2. The molecule has 0 saturated heterocycles. The van der Waals surface area contributed by atoms with Gasteiger partial charge in [-0.1, -0.05) is 44.9 Å². The molecule has 3 N–H and O–H groups in total. The van der Waals surface area contributed by atoms with E-state index >= 15 is 0 Å². The molecule has 1 aliphatic heterocycles. The van der Waals surface area contributed by atoms with E-state index in [4.69, 9.17) is 9.47 Å². The van der Waals surface area contributed by atoms with Gasteiger partial charge in [0.25, 0.3) is 5.91 Å². The molecule has 0 spiro atoms. The molecule has 2 aromatic rings. The van der Waals surface area contributed by atoms with Crippen molar-refractivity contribution in [3.05, 3.63) is 53.6 Å². The van der Waals surface area contributed by atoms with Crippen LogP contribution in [0.5, 0.6) is 11.5 Å². The number of anilines is 1. The highest BCUT2D eigenvalue weighted by Crippen LogP contribution is 2.34. The number of para-hydroxylation sites is 1. The zero-order valence-electron chi connectivity index (χ0n) is 19.4. The molecule has 7 nitrogen and oxygen atoms in total. The van der Waals surface area contributed by atoms with Crippen molar-refractivity contribution in [1.82, 2.24) is 10.6 Å². The van der Waals surface area contributed by atoms with Crippen molar-refractivity contribution >= 4 is 17.5 Å². The predicted octanol–water partition coefficient (Wildman–Crippen LogP) is 4.06. The fraction of sp³-hybridized carbons (Fsp3) is 0.462. The third-order valence-corrected chi connectivity index (χ3v) is 6.21. The van der Waals surface area contributed by atoms with Gasteiger partial charge in [0.1, 0.15) is 13.2 Å². The van der Waals surface area contributed by atoms with E-state index in [1.54, 1.807) is 12.1 Å². The molecule has 4 rings (SSSR count). The Bertz CT molecular complexity index is 985. The highest BCUT2D eigenvalue weighted by Gasteiger charge is 2.22. The Hall–Kier alpha value is -3.06. The second-order valence-corrected chi connectivity index (χ2v) is 9.05. The Kier molecular flexibility index (Phi) is 7.50. The second-order valence-electron chi connectivity index (χ2n) is 9.05. The normalized spacial score (nSPS) is 16.5. The molecule has 0 radical (unpaired) electrons. The maximum atomic E-state index is 12.8.